The molecule has 0 fully saturated rings. The Morgan fingerprint density at radius 3 is 2.69 bits per heavy atom. The summed E-state index contributed by atoms with van der Waals surface area (Å²) in [5.74, 6) is 0.522. The van der Waals surface area contributed by atoms with Crippen LogP contribution in [0.1, 0.15) is 32.8 Å². The van der Waals surface area contributed by atoms with E-state index in [2.05, 4.69) is 31.4 Å². The Hall–Kier alpha value is -0.800. The van der Waals surface area contributed by atoms with Gasteiger partial charge in [0.05, 0.1) is 5.60 Å². The van der Waals surface area contributed by atoms with E-state index in [4.69, 9.17) is 0 Å². The monoisotopic (exact) mass is 224 g/mol. The van der Waals surface area contributed by atoms with Crippen molar-refractivity contribution >= 4 is 0 Å². The first-order chi connectivity index (χ1) is 7.39. The van der Waals surface area contributed by atoms with Crippen LogP contribution in [0.4, 0.5) is 0 Å². The van der Waals surface area contributed by atoms with Crippen molar-refractivity contribution in [2.75, 3.05) is 6.54 Å². The van der Waals surface area contributed by atoms with Crippen molar-refractivity contribution in [3.63, 3.8) is 0 Å². The maximum Gasteiger partial charge on any atom is 0.0746 e. The van der Waals surface area contributed by atoms with E-state index in [0.717, 1.165) is 13.0 Å². The molecule has 0 radical (unpaired) electrons. The summed E-state index contributed by atoms with van der Waals surface area (Å²) in [5, 5.41) is 13.4. The standard InChI is InChI=1S/C13H24N2O/c1-11(2)7-13(3,16)10-14-8-12-5-6-15(4)9-12/h5-6,9,11,14,16H,7-8,10H2,1-4H3. The van der Waals surface area contributed by atoms with Gasteiger partial charge >= 0.3 is 0 Å². The number of nitrogens with zero attached hydrogens (tertiary/aromatic N) is 1. The SMILES string of the molecule is CC(C)CC(C)(O)CNCc1ccn(C)c1. The summed E-state index contributed by atoms with van der Waals surface area (Å²) in [6.07, 6.45) is 4.95. The molecule has 1 heterocycles. The first-order valence-corrected chi connectivity index (χ1v) is 5.93. The normalized spacial score (nSPS) is 15.4. The van der Waals surface area contributed by atoms with Crippen molar-refractivity contribution < 1.29 is 5.11 Å². The molecule has 3 nitrogen and oxygen atoms in total. The van der Waals surface area contributed by atoms with E-state index in [-0.39, 0.29) is 0 Å². The van der Waals surface area contributed by atoms with E-state index >= 15 is 0 Å². The lowest BCUT2D eigenvalue weighted by molar-refractivity contribution is 0.0383. The lowest BCUT2D eigenvalue weighted by Gasteiger charge is -2.25. The second kappa shape index (κ2) is 5.51. The van der Waals surface area contributed by atoms with Crippen molar-refractivity contribution in [2.45, 2.75) is 39.3 Å². The molecule has 0 bridgehead atoms. The molecule has 1 unspecified atom stereocenters. The summed E-state index contributed by atoms with van der Waals surface area (Å²) in [4.78, 5) is 0. The molecule has 92 valence electrons. The van der Waals surface area contributed by atoms with Gasteiger partial charge in [0.25, 0.3) is 0 Å². The van der Waals surface area contributed by atoms with Crippen LogP contribution in [0, 0.1) is 5.92 Å². The molecular weight excluding hydrogens is 200 g/mol. The van der Waals surface area contributed by atoms with Gasteiger partial charge in [0, 0.05) is 32.5 Å². The molecular formula is C13H24N2O. The van der Waals surface area contributed by atoms with Gasteiger partial charge in [-0.1, -0.05) is 13.8 Å². The quantitative estimate of drug-likeness (QED) is 0.774. The zero-order chi connectivity index (χ0) is 12.2. The molecule has 0 amide bonds. The second-order valence-electron chi connectivity index (χ2n) is 5.38. The number of aliphatic hydroxyl groups is 1. The number of aryl methyl sites for hydroxylation is 1. The molecule has 0 aliphatic heterocycles. The van der Waals surface area contributed by atoms with Gasteiger partial charge in [-0.05, 0) is 30.9 Å². The Bertz CT molecular complexity index is 315. The predicted octanol–water partition coefficient (Wildman–Crippen LogP) is 1.91. The first kappa shape index (κ1) is 13.3. The van der Waals surface area contributed by atoms with Crippen LogP contribution in [0.3, 0.4) is 0 Å². The Kier molecular flexibility index (Phi) is 4.56. The van der Waals surface area contributed by atoms with Crippen LogP contribution in [0.5, 0.6) is 0 Å². The van der Waals surface area contributed by atoms with Crippen molar-refractivity contribution in [1.29, 1.82) is 0 Å². The minimum Gasteiger partial charge on any atom is -0.389 e. The maximum atomic E-state index is 10.1. The molecule has 0 aliphatic rings. The van der Waals surface area contributed by atoms with E-state index in [0.29, 0.717) is 12.5 Å². The van der Waals surface area contributed by atoms with Crippen molar-refractivity contribution in [2.24, 2.45) is 13.0 Å². The zero-order valence-corrected chi connectivity index (χ0v) is 10.8. The van der Waals surface area contributed by atoms with Crippen LogP contribution >= 0.6 is 0 Å². The van der Waals surface area contributed by atoms with E-state index in [1.807, 2.05) is 24.7 Å². The third kappa shape index (κ3) is 4.81. The minimum absolute atomic E-state index is 0.522. The molecule has 1 atom stereocenters. The molecule has 0 aromatic carbocycles. The Morgan fingerprint density at radius 2 is 2.19 bits per heavy atom. The molecule has 1 aromatic rings. The molecule has 16 heavy (non-hydrogen) atoms. The fourth-order valence-electron chi connectivity index (χ4n) is 2.09. The highest BCUT2D eigenvalue weighted by atomic mass is 16.3. The van der Waals surface area contributed by atoms with Crippen molar-refractivity contribution in [1.82, 2.24) is 9.88 Å². The lowest BCUT2D eigenvalue weighted by Crippen LogP contribution is -2.38. The lowest BCUT2D eigenvalue weighted by atomic mass is 9.94. The third-order valence-corrected chi connectivity index (χ3v) is 2.58. The maximum absolute atomic E-state index is 10.1. The summed E-state index contributed by atoms with van der Waals surface area (Å²) < 4.78 is 2.03. The van der Waals surface area contributed by atoms with E-state index < -0.39 is 5.60 Å². The average Bonchev–Trinajstić information content (AvgIpc) is 2.48. The van der Waals surface area contributed by atoms with Crippen LogP contribution in [-0.2, 0) is 13.6 Å². The highest BCUT2D eigenvalue weighted by Crippen LogP contribution is 2.15. The van der Waals surface area contributed by atoms with E-state index in [1.54, 1.807) is 0 Å². The van der Waals surface area contributed by atoms with Gasteiger partial charge in [0.1, 0.15) is 0 Å². The molecule has 0 saturated heterocycles. The van der Waals surface area contributed by atoms with Crippen LogP contribution in [0.25, 0.3) is 0 Å². The van der Waals surface area contributed by atoms with Crippen molar-refractivity contribution in [3.8, 4) is 0 Å². The molecule has 1 aromatic heterocycles. The summed E-state index contributed by atoms with van der Waals surface area (Å²) in [7, 11) is 2.01. The van der Waals surface area contributed by atoms with Gasteiger partial charge < -0.3 is 15.0 Å². The molecule has 0 saturated carbocycles. The van der Waals surface area contributed by atoms with Crippen LogP contribution in [-0.4, -0.2) is 21.8 Å². The highest BCUT2D eigenvalue weighted by Gasteiger charge is 2.20. The fourth-order valence-corrected chi connectivity index (χ4v) is 2.09. The number of hydrogen-bond acceptors (Lipinski definition) is 2. The van der Waals surface area contributed by atoms with Gasteiger partial charge in [0.15, 0.2) is 0 Å². The van der Waals surface area contributed by atoms with Crippen LogP contribution in [0.15, 0.2) is 18.5 Å². The number of hydrogen-bond donors (Lipinski definition) is 2. The molecule has 0 aliphatic carbocycles. The smallest absolute Gasteiger partial charge is 0.0746 e. The summed E-state index contributed by atoms with van der Waals surface area (Å²) in [6.45, 7) is 7.61. The topological polar surface area (TPSA) is 37.2 Å². The van der Waals surface area contributed by atoms with Gasteiger partial charge in [-0.2, -0.15) is 0 Å². The minimum atomic E-state index is -0.608. The average molecular weight is 224 g/mol. The van der Waals surface area contributed by atoms with Crippen LogP contribution in [0.2, 0.25) is 0 Å². The van der Waals surface area contributed by atoms with Gasteiger partial charge in [0.2, 0.25) is 0 Å². The van der Waals surface area contributed by atoms with Gasteiger partial charge in [-0.15, -0.1) is 0 Å². The summed E-state index contributed by atoms with van der Waals surface area (Å²) in [6, 6.07) is 2.09. The molecule has 1 rings (SSSR count). The summed E-state index contributed by atoms with van der Waals surface area (Å²) >= 11 is 0. The fraction of sp³-hybridized carbons (Fsp3) is 0.692. The Labute approximate surface area is 98.5 Å². The predicted molar refractivity (Wildman–Crippen MR) is 67.2 cm³/mol. The number of rotatable bonds is 6. The first-order valence-electron chi connectivity index (χ1n) is 5.93. The number of aromatic nitrogens is 1. The third-order valence-electron chi connectivity index (χ3n) is 2.58. The van der Waals surface area contributed by atoms with Gasteiger partial charge in [-0.3, -0.25) is 0 Å². The molecule has 3 heteroatoms. The summed E-state index contributed by atoms with van der Waals surface area (Å²) in [5.41, 5.74) is 0.644. The Morgan fingerprint density at radius 1 is 1.50 bits per heavy atom. The second-order valence-corrected chi connectivity index (χ2v) is 5.38. The van der Waals surface area contributed by atoms with Crippen molar-refractivity contribution in [3.05, 3.63) is 24.0 Å². The van der Waals surface area contributed by atoms with E-state index in [9.17, 15) is 5.11 Å². The largest absolute Gasteiger partial charge is 0.389 e. The number of nitrogens with one attached hydrogen (secondary N) is 1. The highest BCUT2D eigenvalue weighted by molar-refractivity contribution is 5.09. The molecule has 0 spiro atoms. The molecule has 2 N–H and O–H groups in total. The Balaban J connectivity index is 2.29. The zero-order valence-electron chi connectivity index (χ0n) is 10.8. The van der Waals surface area contributed by atoms with Gasteiger partial charge in [-0.25, -0.2) is 0 Å². The van der Waals surface area contributed by atoms with Crippen LogP contribution < -0.4 is 5.32 Å². The van der Waals surface area contributed by atoms with E-state index in [1.165, 1.54) is 5.56 Å².